The number of pyridine rings is 1. The van der Waals surface area contributed by atoms with Crippen LogP contribution in [0.3, 0.4) is 0 Å². The largest absolute Gasteiger partial charge is 0.384 e. The minimum atomic E-state index is -0.275. The first-order valence-electron chi connectivity index (χ1n) is 8.22. The van der Waals surface area contributed by atoms with E-state index >= 15 is 0 Å². The Morgan fingerprint density at radius 1 is 1.42 bits per heavy atom. The van der Waals surface area contributed by atoms with Gasteiger partial charge in [-0.1, -0.05) is 18.2 Å². The standard InChI is InChI=1S/C18H20N2O4/c1-23-9-13-16(11-6-7-24-17(11)13)20-18(22)12-8-15(21)19-14-5-3-2-4-10(12)14/h2-5,8,11,13,16-17H,6-7,9H2,1H3,(H,19,21)(H,20,22)/t11-,13+,16-,17-/m1/s1. The minimum absolute atomic E-state index is 0.0306. The second kappa shape index (κ2) is 6.03. The smallest absolute Gasteiger partial charge is 0.252 e. The summed E-state index contributed by atoms with van der Waals surface area (Å²) in [4.78, 5) is 27.4. The van der Waals surface area contributed by atoms with E-state index in [-0.39, 0.29) is 29.5 Å². The van der Waals surface area contributed by atoms with E-state index in [1.807, 2.05) is 18.2 Å². The number of carbonyl (C=O) groups is 1. The third-order valence-corrected chi connectivity index (χ3v) is 5.18. The fourth-order valence-electron chi connectivity index (χ4n) is 4.06. The number of methoxy groups -OCH3 is 1. The van der Waals surface area contributed by atoms with Crippen molar-refractivity contribution in [3.63, 3.8) is 0 Å². The molecule has 2 heterocycles. The lowest BCUT2D eigenvalue weighted by molar-refractivity contribution is -0.0809. The monoisotopic (exact) mass is 328 g/mol. The van der Waals surface area contributed by atoms with Crippen molar-refractivity contribution in [3.8, 4) is 0 Å². The van der Waals surface area contributed by atoms with E-state index in [4.69, 9.17) is 9.47 Å². The van der Waals surface area contributed by atoms with E-state index in [1.165, 1.54) is 6.07 Å². The van der Waals surface area contributed by atoms with Crippen LogP contribution in [0.15, 0.2) is 35.1 Å². The first-order chi connectivity index (χ1) is 11.7. The molecule has 126 valence electrons. The molecule has 1 aliphatic heterocycles. The summed E-state index contributed by atoms with van der Waals surface area (Å²) < 4.78 is 11.0. The molecule has 2 aliphatic rings. The van der Waals surface area contributed by atoms with Crippen LogP contribution in [0.1, 0.15) is 16.8 Å². The minimum Gasteiger partial charge on any atom is -0.384 e. The molecule has 2 N–H and O–H groups in total. The number of fused-ring (bicyclic) bond motifs is 2. The van der Waals surface area contributed by atoms with Crippen molar-refractivity contribution in [2.24, 2.45) is 11.8 Å². The molecule has 2 aromatic rings. The van der Waals surface area contributed by atoms with Crippen LogP contribution in [0, 0.1) is 11.8 Å². The van der Waals surface area contributed by atoms with Gasteiger partial charge in [0.1, 0.15) is 0 Å². The third-order valence-electron chi connectivity index (χ3n) is 5.18. The Kier molecular flexibility index (Phi) is 3.86. The van der Waals surface area contributed by atoms with Crippen LogP contribution in [0.2, 0.25) is 0 Å². The summed E-state index contributed by atoms with van der Waals surface area (Å²) in [6, 6.07) is 8.73. The van der Waals surface area contributed by atoms with Gasteiger partial charge in [-0.15, -0.1) is 0 Å². The molecule has 0 radical (unpaired) electrons. The summed E-state index contributed by atoms with van der Waals surface area (Å²) in [5.74, 6) is 0.288. The lowest BCUT2D eigenvalue weighted by atomic mass is 9.67. The molecule has 0 unspecified atom stereocenters. The van der Waals surface area contributed by atoms with Gasteiger partial charge in [-0.3, -0.25) is 9.59 Å². The van der Waals surface area contributed by atoms with Crippen molar-refractivity contribution in [1.29, 1.82) is 0 Å². The van der Waals surface area contributed by atoms with Crippen molar-refractivity contribution in [3.05, 3.63) is 46.2 Å². The van der Waals surface area contributed by atoms with Gasteiger partial charge >= 0.3 is 0 Å². The number of H-pyrrole nitrogens is 1. The number of aromatic nitrogens is 1. The zero-order valence-corrected chi connectivity index (χ0v) is 13.5. The molecule has 4 rings (SSSR count). The molecule has 6 heteroatoms. The van der Waals surface area contributed by atoms with Crippen LogP contribution < -0.4 is 10.9 Å². The van der Waals surface area contributed by atoms with Gasteiger partial charge in [-0.25, -0.2) is 0 Å². The molecule has 2 fully saturated rings. The average molecular weight is 328 g/mol. The molecule has 1 aliphatic carbocycles. The molecular weight excluding hydrogens is 308 g/mol. The fraction of sp³-hybridized carbons (Fsp3) is 0.444. The molecule has 1 amide bonds. The Morgan fingerprint density at radius 3 is 3.08 bits per heavy atom. The number of hydrogen-bond donors (Lipinski definition) is 2. The lowest BCUT2D eigenvalue weighted by Gasteiger charge is -2.47. The van der Waals surface area contributed by atoms with E-state index in [0.29, 0.717) is 23.6 Å². The highest BCUT2D eigenvalue weighted by Gasteiger charge is 2.54. The Labute approximate surface area is 139 Å². The highest BCUT2D eigenvalue weighted by molar-refractivity contribution is 6.06. The summed E-state index contributed by atoms with van der Waals surface area (Å²) in [5, 5.41) is 3.85. The van der Waals surface area contributed by atoms with Crippen molar-refractivity contribution in [2.75, 3.05) is 20.3 Å². The van der Waals surface area contributed by atoms with Gasteiger partial charge in [0.25, 0.3) is 5.91 Å². The molecule has 1 aromatic carbocycles. The predicted molar refractivity (Wildman–Crippen MR) is 89.0 cm³/mol. The van der Waals surface area contributed by atoms with Gasteiger partial charge in [0.15, 0.2) is 0 Å². The van der Waals surface area contributed by atoms with Crippen LogP contribution in [0.25, 0.3) is 10.9 Å². The zero-order chi connectivity index (χ0) is 16.7. The second-order valence-corrected chi connectivity index (χ2v) is 6.50. The fourth-order valence-corrected chi connectivity index (χ4v) is 4.06. The van der Waals surface area contributed by atoms with Crippen LogP contribution >= 0.6 is 0 Å². The van der Waals surface area contributed by atoms with E-state index < -0.39 is 0 Å². The van der Waals surface area contributed by atoms with Gasteiger partial charge < -0.3 is 19.8 Å². The molecule has 1 aromatic heterocycles. The highest BCUT2D eigenvalue weighted by Crippen LogP contribution is 2.43. The molecule has 6 nitrogen and oxygen atoms in total. The summed E-state index contributed by atoms with van der Waals surface area (Å²) in [6.45, 7) is 1.29. The van der Waals surface area contributed by atoms with Gasteiger partial charge in [0, 0.05) is 48.6 Å². The van der Waals surface area contributed by atoms with Crippen molar-refractivity contribution >= 4 is 16.8 Å². The Balaban J connectivity index is 1.62. The zero-order valence-electron chi connectivity index (χ0n) is 13.5. The van der Waals surface area contributed by atoms with E-state index in [9.17, 15) is 9.59 Å². The number of hydrogen-bond acceptors (Lipinski definition) is 4. The Bertz CT molecular complexity index is 831. The number of benzene rings is 1. The van der Waals surface area contributed by atoms with Crippen LogP contribution in [0.4, 0.5) is 0 Å². The number of ether oxygens (including phenoxy) is 2. The first kappa shape index (κ1) is 15.4. The van der Waals surface area contributed by atoms with Gasteiger partial charge in [-0.2, -0.15) is 0 Å². The maximum absolute atomic E-state index is 12.8. The van der Waals surface area contributed by atoms with Gasteiger partial charge in [-0.05, 0) is 12.5 Å². The summed E-state index contributed by atoms with van der Waals surface area (Å²) in [7, 11) is 1.66. The second-order valence-electron chi connectivity index (χ2n) is 6.50. The topological polar surface area (TPSA) is 80.4 Å². The van der Waals surface area contributed by atoms with E-state index in [0.717, 1.165) is 18.4 Å². The number of para-hydroxylation sites is 1. The Morgan fingerprint density at radius 2 is 2.25 bits per heavy atom. The van der Waals surface area contributed by atoms with Crippen molar-refractivity contribution < 1.29 is 14.3 Å². The number of carbonyl (C=O) groups excluding carboxylic acids is 1. The number of aromatic amines is 1. The highest BCUT2D eigenvalue weighted by atomic mass is 16.5. The number of nitrogens with one attached hydrogen (secondary N) is 2. The number of rotatable bonds is 4. The molecule has 0 spiro atoms. The third kappa shape index (κ3) is 2.42. The molecule has 1 saturated heterocycles. The van der Waals surface area contributed by atoms with Crippen molar-refractivity contribution in [2.45, 2.75) is 18.6 Å². The Hall–Kier alpha value is -2.18. The lowest BCUT2D eigenvalue weighted by Crippen LogP contribution is -2.62. The predicted octanol–water partition coefficient (Wildman–Crippen LogP) is 1.31. The summed E-state index contributed by atoms with van der Waals surface area (Å²) in [6.07, 6.45) is 1.12. The first-order valence-corrected chi connectivity index (χ1v) is 8.22. The number of amides is 1. The van der Waals surface area contributed by atoms with Crippen LogP contribution in [-0.4, -0.2) is 43.4 Å². The van der Waals surface area contributed by atoms with Crippen LogP contribution in [-0.2, 0) is 9.47 Å². The van der Waals surface area contributed by atoms with E-state index in [2.05, 4.69) is 10.3 Å². The quantitative estimate of drug-likeness (QED) is 0.887. The molecular formula is C18H20N2O4. The van der Waals surface area contributed by atoms with Crippen LogP contribution in [0.5, 0.6) is 0 Å². The molecule has 1 saturated carbocycles. The summed E-state index contributed by atoms with van der Waals surface area (Å²) in [5.41, 5.74) is 0.801. The normalized spacial score (nSPS) is 28.4. The SMILES string of the molecule is COC[C@H]1[C@H](NC(=O)c2cc(=O)[nH]c3ccccc23)[C@H]2CCO[C@H]21. The van der Waals surface area contributed by atoms with Gasteiger partial charge in [0.2, 0.25) is 5.56 Å². The average Bonchev–Trinajstić information content (AvgIpc) is 3.01. The molecule has 0 bridgehead atoms. The van der Waals surface area contributed by atoms with Crippen molar-refractivity contribution in [1.82, 2.24) is 10.3 Å². The maximum atomic E-state index is 12.8. The summed E-state index contributed by atoms with van der Waals surface area (Å²) >= 11 is 0. The molecule has 4 atom stereocenters. The van der Waals surface area contributed by atoms with E-state index in [1.54, 1.807) is 13.2 Å². The maximum Gasteiger partial charge on any atom is 0.252 e. The molecule has 24 heavy (non-hydrogen) atoms. The van der Waals surface area contributed by atoms with Gasteiger partial charge in [0.05, 0.1) is 18.3 Å².